The highest BCUT2D eigenvalue weighted by Crippen LogP contribution is 2.11. The van der Waals surface area contributed by atoms with Crippen LogP contribution in [0.4, 0.5) is 0 Å². The summed E-state index contributed by atoms with van der Waals surface area (Å²) in [5, 5.41) is 2.69. The Morgan fingerprint density at radius 1 is 1.40 bits per heavy atom. The number of H-pyrrole nitrogens is 1. The Bertz CT molecular complexity index is 581. The Kier molecular flexibility index (Phi) is 4.67. The molecule has 1 aromatic carbocycles. The van der Waals surface area contributed by atoms with Gasteiger partial charge in [0.25, 0.3) is 5.91 Å². The van der Waals surface area contributed by atoms with Crippen molar-refractivity contribution < 1.29 is 9.53 Å². The van der Waals surface area contributed by atoms with Crippen LogP contribution in [0.15, 0.2) is 36.7 Å². The quantitative estimate of drug-likeness (QED) is 0.682. The third kappa shape index (κ3) is 4.06. The summed E-state index contributed by atoms with van der Waals surface area (Å²) in [6.07, 6.45) is 3.32. The fourth-order valence-corrected chi connectivity index (χ4v) is 1.63. The summed E-state index contributed by atoms with van der Waals surface area (Å²) in [6, 6.07) is 6.93. The van der Waals surface area contributed by atoms with Crippen LogP contribution >= 0.6 is 12.2 Å². The highest BCUT2D eigenvalue weighted by molar-refractivity contribution is 7.80. The molecule has 1 amide bonds. The number of aromatic nitrogens is 2. The zero-order chi connectivity index (χ0) is 14.4. The maximum absolute atomic E-state index is 11.6. The van der Waals surface area contributed by atoms with Crippen LogP contribution in [0.1, 0.15) is 11.4 Å². The number of aromatic amines is 1. The number of nitrogens with two attached hydrogens (primary N) is 1. The van der Waals surface area contributed by atoms with E-state index in [2.05, 4.69) is 15.3 Å². The van der Waals surface area contributed by atoms with Gasteiger partial charge in [0.1, 0.15) is 16.6 Å². The molecule has 0 spiro atoms. The number of nitrogens with one attached hydrogen (secondary N) is 2. The zero-order valence-corrected chi connectivity index (χ0v) is 11.4. The van der Waals surface area contributed by atoms with E-state index in [4.69, 9.17) is 22.7 Å². The normalized spacial score (nSPS) is 10.0. The first kappa shape index (κ1) is 14.0. The summed E-state index contributed by atoms with van der Waals surface area (Å²) in [6.45, 7) is 0.280. The van der Waals surface area contributed by atoms with Gasteiger partial charge in [-0.3, -0.25) is 4.79 Å². The van der Waals surface area contributed by atoms with Crippen molar-refractivity contribution in [3.8, 4) is 5.75 Å². The standard InChI is InChI=1S/C13H14N4O2S/c14-13(20)9-1-3-10(4-2-9)19-8-12(18)17-7-11-15-5-6-16-11/h1-6H,7-8H2,(H2,14,20)(H,15,16)(H,17,18). The molecule has 0 fully saturated rings. The van der Waals surface area contributed by atoms with E-state index < -0.39 is 0 Å². The molecule has 0 bridgehead atoms. The number of carbonyl (C=O) groups excluding carboxylic acids is 1. The minimum absolute atomic E-state index is 0.0624. The second-order valence-corrected chi connectivity index (χ2v) is 4.43. The van der Waals surface area contributed by atoms with Crippen molar-refractivity contribution in [2.45, 2.75) is 6.54 Å². The smallest absolute Gasteiger partial charge is 0.258 e. The molecule has 0 radical (unpaired) electrons. The summed E-state index contributed by atoms with van der Waals surface area (Å²) in [5.74, 6) is 1.05. The molecule has 2 rings (SSSR count). The molecular weight excluding hydrogens is 276 g/mol. The van der Waals surface area contributed by atoms with E-state index in [0.29, 0.717) is 23.1 Å². The molecule has 0 aliphatic heterocycles. The Labute approximate surface area is 121 Å². The predicted molar refractivity (Wildman–Crippen MR) is 78.3 cm³/mol. The first-order valence-electron chi connectivity index (χ1n) is 5.93. The van der Waals surface area contributed by atoms with Crippen LogP contribution < -0.4 is 15.8 Å². The SMILES string of the molecule is NC(=S)c1ccc(OCC(=O)NCc2ncc[nH]2)cc1. The average molecular weight is 290 g/mol. The molecule has 0 saturated carbocycles. The number of ether oxygens (including phenoxy) is 1. The van der Waals surface area contributed by atoms with E-state index >= 15 is 0 Å². The fourth-order valence-electron chi connectivity index (χ4n) is 1.49. The van der Waals surface area contributed by atoms with E-state index in [1.54, 1.807) is 36.7 Å². The molecule has 1 aromatic heterocycles. The number of nitrogens with zero attached hydrogens (tertiary/aromatic N) is 1. The fraction of sp³-hybridized carbons (Fsp3) is 0.154. The van der Waals surface area contributed by atoms with Crippen LogP contribution in [0.3, 0.4) is 0 Å². The molecule has 20 heavy (non-hydrogen) atoms. The van der Waals surface area contributed by atoms with Gasteiger partial charge in [0.2, 0.25) is 0 Å². The van der Waals surface area contributed by atoms with E-state index in [-0.39, 0.29) is 12.5 Å². The number of hydrogen-bond acceptors (Lipinski definition) is 4. The van der Waals surface area contributed by atoms with Crippen LogP contribution in [0.5, 0.6) is 5.75 Å². The van der Waals surface area contributed by atoms with Crippen molar-refractivity contribution >= 4 is 23.1 Å². The summed E-state index contributed by atoms with van der Waals surface area (Å²) < 4.78 is 5.35. The van der Waals surface area contributed by atoms with Crippen molar-refractivity contribution in [1.82, 2.24) is 15.3 Å². The van der Waals surface area contributed by atoms with Crippen LogP contribution in [-0.4, -0.2) is 27.5 Å². The predicted octanol–water partition coefficient (Wildman–Crippen LogP) is 0.739. The van der Waals surface area contributed by atoms with Gasteiger partial charge in [-0.1, -0.05) is 12.2 Å². The van der Waals surface area contributed by atoms with Crippen LogP contribution in [0.2, 0.25) is 0 Å². The van der Waals surface area contributed by atoms with Crippen molar-refractivity contribution in [3.05, 3.63) is 48.0 Å². The molecular formula is C13H14N4O2S. The number of hydrogen-bond donors (Lipinski definition) is 3. The van der Waals surface area contributed by atoms with Crippen molar-refractivity contribution in [1.29, 1.82) is 0 Å². The monoisotopic (exact) mass is 290 g/mol. The molecule has 0 aliphatic rings. The van der Waals surface area contributed by atoms with Gasteiger partial charge in [0, 0.05) is 18.0 Å². The maximum Gasteiger partial charge on any atom is 0.258 e. The van der Waals surface area contributed by atoms with E-state index in [0.717, 1.165) is 5.56 Å². The zero-order valence-electron chi connectivity index (χ0n) is 10.6. The largest absolute Gasteiger partial charge is 0.484 e. The number of carbonyl (C=O) groups is 1. The Balaban J connectivity index is 1.76. The van der Waals surface area contributed by atoms with Crippen molar-refractivity contribution in [3.63, 3.8) is 0 Å². The highest BCUT2D eigenvalue weighted by Gasteiger charge is 2.04. The van der Waals surface area contributed by atoms with Gasteiger partial charge >= 0.3 is 0 Å². The molecule has 0 aliphatic carbocycles. The number of benzene rings is 1. The van der Waals surface area contributed by atoms with Gasteiger partial charge in [0.05, 0.1) is 6.54 Å². The highest BCUT2D eigenvalue weighted by atomic mass is 32.1. The van der Waals surface area contributed by atoms with Crippen molar-refractivity contribution in [2.24, 2.45) is 5.73 Å². The van der Waals surface area contributed by atoms with Crippen molar-refractivity contribution in [2.75, 3.05) is 6.61 Å². The minimum Gasteiger partial charge on any atom is -0.484 e. The van der Waals surface area contributed by atoms with E-state index in [9.17, 15) is 4.79 Å². The van der Waals surface area contributed by atoms with E-state index in [1.807, 2.05) is 0 Å². The molecule has 7 heteroatoms. The number of amides is 1. The second kappa shape index (κ2) is 6.67. The first-order valence-corrected chi connectivity index (χ1v) is 6.33. The lowest BCUT2D eigenvalue weighted by Crippen LogP contribution is -2.28. The Morgan fingerprint density at radius 2 is 2.15 bits per heavy atom. The maximum atomic E-state index is 11.6. The average Bonchev–Trinajstić information content (AvgIpc) is 2.96. The molecule has 4 N–H and O–H groups in total. The molecule has 0 saturated heterocycles. The summed E-state index contributed by atoms with van der Waals surface area (Å²) in [7, 11) is 0. The van der Waals surface area contributed by atoms with Crippen LogP contribution in [0, 0.1) is 0 Å². The number of thiocarbonyl (C=S) groups is 1. The lowest BCUT2D eigenvalue weighted by Gasteiger charge is -2.07. The van der Waals surface area contributed by atoms with Gasteiger partial charge in [-0.15, -0.1) is 0 Å². The summed E-state index contributed by atoms with van der Waals surface area (Å²) in [4.78, 5) is 18.8. The second-order valence-electron chi connectivity index (χ2n) is 3.99. The number of imidazole rings is 1. The molecule has 1 heterocycles. The third-order valence-corrected chi connectivity index (χ3v) is 2.75. The summed E-state index contributed by atoms with van der Waals surface area (Å²) >= 11 is 4.85. The van der Waals surface area contributed by atoms with Crippen LogP contribution in [0.25, 0.3) is 0 Å². The van der Waals surface area contributed by atoms with Gasteiger partial charge in [0.15, 0.2) is 6.61 Å². The lowest BCUT2D eigenvalue weighted by molar-refractivity contribution is -0.123. The van der Waals surface area contributed by atoms with E-state index in [1.165, 1.54) is 0 Å². The van der Waals surface area contributed by atoms with Gasteiger partial charge in [-0.25, -0.2) is 4.98 Å². The van der Waals surface area contributed by atoms with Gasteiger partial charge in [-0.05, 0) is 24.3 Å². The summed E-state index contributed by atoms with van der Waals surface area (Å²) in [5.41, 5.74) is 6.25. The van der Waals surface area contributed by atoms with Gasteiger partial charge < -0.3 is 20.8 Å². The number of rotatable bonds is 6. The molecule has 104 valence electrons. The molecule has 0 atom stereocenters. The molecule has 2 aromatic rings. The Morgan fingerprint density at radius 3 is 2.75 bits per heavy atom. The topological polar surface area (TPSA) is 93.0 Å². The van der Waals surface area contributed by atoms with Crippen LogP contribution in [-0.2, 0) is 11.3 Å². The minimum atomic E-state index is -0.222. The lowest BCUT2D eigenvalue weighted by atomic mass is 10.2. The third-order valence-electron chi connectivity index (χ3n) is 2.52. The molecule has 0 unspecified atom stereocenters. The Hall–Kier alpha value is -2.41. The molecule has 6 nitrogen and oxygen atoms in total. The van der Waals surface area contributed by atoms with Gasteiger partial charge in [-0.2, -0.15) is 0 Å². The first-order chi connectivity index (χ1) is 9.65.